The van der Waals surface area contributed by atoms with Gasteiger partial charge < -0.3 is 25.8 Å². The molecule has 0 saturated heterocycles. The van der Waals surface area contributed by atoms with Crippen molar-refractivity contribution in [3.8, 4) is 5.75 Å². The number of urea groups is 1. The molecule has 1 aromatic rings. The maximum atomic E-state index is 11.5. The van der Waals surface area contributed by atoms with Gasteiger partial charge >= 0.3 is 12.0 Å². The first-order valence-corrected chi connectivity index (χ1v) is 8.27. The molecule has 0 heterocycles. The van der Waals surface area contributed by atoms with Gasteiger partial charge in [-0.1, -0.05) is 12.1 Å². The van der Waals surface area contributed by atoms with Crippen LogP contribution in [0.25, 0.3) is 0 Å². The maximum absolute atomic E-state index is 11.5. The number of carbonyl (C=O) groups is 3. The van der Waals surface area contributed by atoms with Crippen LogP contribution in [-0.4, -0.2) is 48.8 Å². The normalized spacial score (nSPS) is 13.0. The Balaban J connectivity index is 1.60. The van der Waals surface area contributed by atoms with Crippen LogP contribution >= 0.6 is 0 Å². The largest absolute Gasteiger partial charge is 0.484 e. The lowest BCUT2D eigenvalue weighted by Gasteiger charge is -2.09. The van der Waals surface area contributed by atoms with E-state index in [4.69, 9.17) is 9.84 Å². The first-order valence-electron chi connectivity index (χ1n) is 8.27. The molecule has 1 fully saturated rings. The Morgan fingerprint density at radius 1 is 1.08 bits per heavy atom. The lowest BCUT2D eigenvalue weighted by atomic mass is 10.1. The summed E-state index contributed by atoms with van der Waals surface area (Å²) in [5, 5.41) is 16.5. The summed E-state index contributed by atoms with van der Waals surface area (Å²) in [4.78, 5) is 33.3. The second-order valence-electron chi connectivity index (χ2n) is 5.85. The number of rotatable bonds is 10. The number of carboxylic acid groups (broad SMARTS) is 1. The Morgan fingerprint density at radius 3 is 2.40 bits per heavy atom. The molecule has 4 N–H and O–H groups in total. The summed E-state index contributed by atoms with van der Waals surface area (Å²) >= 11 is 0. The number of carboxylic acids is 1. The Bertz CT molecular complexity index is 599. The second-order valence-corrected chi connectivity index (χ2v) is 5.85. The van der Waals surface area contributed by atoms with Crippen molar-refractivity contribution in [3.05, 3.63) is 29.8 Å². The smallest absolute Gasteiger partial charge is 0.314 e. The van der Waals surface area contributed by atoms with E-state index in [1.807, 2.05) is 12.1 Å². The first-order chi connectivity index (χ1) is 12.0. The van der Waals surface area contributed by atoms with Gasteiger partial charge in [0.25, 0.3) is 5.91 Å². The van der Waals surface area contributed by atoms with Gasteiger partial charge in [-0.15, -0.1) is 0 Å². The van der Waals surface area contributed by atoms with Gasteiger partial charge in [0.1, 0.15) is 5.75 Å². The predicted molar refractivity (Wildman–Crippen MR) is 90.5 cm³/mol. The summed E-state index contributed by atoms with van der Waals surface area (Å²) in [5.74, 6) is -0.439. The molecular weight excluding hydrogens is 326 g/mol. The first kappa shape index (κ1) is 18.6. The van der Waals surface area contributed by atoms with Gasteiger partial charge in [0.2, 0.25) is 0 Å². The van der Waals surface area contributed by atoms with E-state index in [9.17, 15) is 14.4 Å². The second kappa shape index (κ2) is 9.51. The van der Waals surface area contributed by atoms with Gasteiger partial charge in [0.15, 0.2) is 6.61 Å². The molecule has 0 unspecified atom stereocenters. The summed E-state index contributed by atoms with van der Waals surface area (Å²) in [7, 11) is 0. The Kier molecular flexibility index (Phi) is 7.06. The molecule has 1 aliphatic carbocycles. The molecule has 1 aromatic carbocycles. The minimum absolute atomic E-state index is 0.00785. The minimum atomic E-state index is -0.951. The van der Waals surface area contributed by atoms with Crippen LogP contribution in [0.5, 0.6) is 5.75 Å². The molecule has 25 heavy (non-hydrogen) atoms. The zero-order valence-electron chi connectivity index (χ0n) is 13.9. The van der Waals surface area contributed by atoms with Crippen LogP contribution in [0.3, 0.4) is 0 Å². The SMILES string of the molecule is O=C(O)CCNC(=O)NCCc1ccc(OCC(=O)NC2CC2)cc1. The van der Waals surface area contributed by atoms with E-state index in [0.717, 1.165) is 18.4 Å². The van der Waals surface area contributed by atoms with Crippen LogP contribution in [-0.2, 0) is 16.0 Å². The number of hydrogen-bond acceptors (Lipinski definition) is 4. The molecule has 0 radical (unpaired) electrons. The van der Waals surface area contributed by atoms with Crippen LogP contribution < -0.4 is 20.7 Å². The van der Waals surface area contributed by atoms with Crippen molar-refractivity contribution in [1.29, 1.82) is 0 Å². The Labute approximate surface area is 145 Å². The summed E-state index contributed by atoms with van der Waals surface area (Å²) in [5.41, 5.74) is 1.01. The molecule has 0 bridgehead atoms. The average molecular weight is 349 g/mol. The number of nitrogens with one attached hydrogen (secondary N) is 3. The highest BCUT2D eigenvalue weighted by atomic mass is 16.5. The topological polar surface area (TPSA) is 117 Å². The molecule has 3 amide bonds. The van der Waals surface area contributed by atoms with Crippen molar-refractivity contribution in [1.82, 2.24) is 16.0 Å². The lowest BCUT2D eigenvalue weighted by Crippen LogP contribution is -2.37. The van der Waals surface area contributed by atoms with Crippen LogP contribution in [0.2, 0.25) is 0 Å². The molecular formula is C17H23N3O5. The molecule has 0 aliphatic heterocycles. The summed E-state index contributed by atoms with van der Waals surface area (Å²) < 4.78 is 5.42. The summed E-state index contributed by atoms with van der Waals surface area (Å²) in [6.07, 6.45) is 2.63. The molecule has 8 nitrogen and oxygen atoms in total. The molecule has 0 atom stereocenters. The molecule has 136 valence electrons. The fourth-order valence-corrected chi connectivity index (χ4v) is 2.06. The zero-order chi connectivity index (χ0) is 18.1. The summed E-state index contributed by atoms with van der Waals surface area (Å²) in [6, 6.07) is 7.26. The fourth-order valence-electron chi connectivity index (χ4n) is 2.06. The van der Waals surface area contributed by atoms with Crippen molar-refractivity contribution >= 4 is 17.9 Å². The molecule has 2 rings (SSSR count). The van der Waals surface area contributed by atoms with Crippen LogP contribution in [0, 0.1) is 0 Å². The van der Waals surface area contributed by atoms with E-state index < -0.39 is 5.97 Å². The predicted octanol–water partition coefficient (Wildman–Crippen LogP) is 0.660. The highest BCUT2D eigenvalue weighted by Crippen LogP contribution is 2.18. The van der Waals surface area contributed by atoms with Gasteiger partial charge in [0.05, 0.1) is 6.42 Å². The molecule has 0 spiro atoms. The van der Waals surface area contributed by atoms with Gasteiger partial charge in [-0.25, -0.2) is 4.79 Å². The van der Waals surface area contributed by atoms with Crippen molar-refractivity contribution < 1.29 is 24.2 Å². The highest BCUT2D eigenvalue weighted by Gasteiger charge is 2.23. The van der Waals surface area contributed by atoms with Crippen LogP contribution in [0.1, 0.15) is 24.8 Å². The monoisotopic (exact) mass is 349 g/mol. The summed E-state index contributed by atoms with van der Waals surface area (Å²) in [6.45, 7) is 0.540. The third kappa shape index (κ3) is 8.05. The Morgan fingerprint density at radius 2 is 1.76 bits per heavy atom. The third-order valence-corrected chi connectivity index (χ3v) is 3.56. The number of amides is 3. The van der Waals surface area contributed by atoms with Crippen molar-refractivity contribution in [3.63, 3.8) is 0 Å². The van der Waals surface area contributed by atoms with E-state index in [1.165, 1.54) is 0 Å². The van der Waals surface area contributed by atoms with Crippen LogP contribution in [0.15, 0.2) is 24.3 Å². The standard InChI is InChI=1S/C17H23N3O5/c21-15(20-13-3-4-13)11-25-14-5-1-12(2-6-14)7-9-18-17(24)19-10-8-16(22)23/h1-2,5-6,13H,3-4,7-11H2,(H,20,21)(H,22,23)(H2,18,19,24). The van der Waals surface area contributed by atoms with Crippen LogP contribution in [0.4, 0.5) is 4.79 Å². The van der Waals surface area contributed by atoms with Crippen molar-refractivity contribution in [2.75, 3.05) is 19.7 Å². The quantitative estimate of drug-likeness (QED) is 0.495. The van der Waals surface area contributed by atoms with E-state index in [1.54, 1.807) is 12.1 Å². The number of benzene rings is 1. The van der Waals surface area contributed by atoms with Gasteiger partial charge in [-0.3, -0.25) is 9.59 Å². The Hall–Kier alpha value is -2.77. The maximum Gasteiger partial charge on any atom is 0.314 e. The molecule has 8 heteroatoms. The van der Waals surface area contributed by atoms with E-state index in [2.05, 4.69) is 16.0 Å². The number of carbonyl (C=O) groups excluding carboxylic acids is 2. The van der Waals surface area contributed by atoms with E-state index in [-0.39, 0.29) is 31.5 Å². The highest BCUT2D eigenvalue weighted by molar-refractivity contribution is 5.78. The molecule has 0 aromatic heterocycles. The van der Waals surface area contributed by atoms with Gasteiger partial charge in [-0.2, -0.15) is 0 Å². The van der Waals surface area contributed by atoms with Gasteiger partial charge in [0, 0.05) is 19.1 Å². The zero-order valence-corrected chi connectivity index (χ0v) is 13.9. The van der Waals surface area contributed by atoms with Crippen molar-refractivity contribution in [2.24, 2.45) is 0 Å². The van der Waals surface area contributed by atoms with Gasteiger partial charge in [-0.05, 0) is 37.0 Å². The van der Waals surface area contributed by atoms with Crippen molar-refractivity contribution in [2.45, 2.75) is 31.7 Å². The lowest BCUT2D eigenvalue weighted by molar-refractivity contribution is -0.136. The van der Waals surface area contributed by atoms with E-state index >= 15 is 0 Å². The fraction of sp³-hybridized carbons (Fsp3) is 0.471. The number of hydrogen-bond donors (Lipinski definition) is 4. The molecule has 1 aliphatic rings. The average Bonchev–Trinajstić information content (AvgIpc) is 3.38. The molecule has 1 saturated carbocycles. The number of ether oxygens (including phenoxy) is 1. The third-order valence-electron chi connectivity index (χ3n) is 3.56. The minimum Gasteiger partial charge on any atom is -0.484 e. The van der Waals surface area contributed by atoms with E-state index in [0.29, 0.717) is 24.8 Å². The number of aliphatic carboxylic acids is 1.